The summed E-state index contributed by atoms with van der Waals surface area (Å²) in [6.07, 6.45) is 1.07. The molecule has 1 heterocycles. The van der Waals surface area contributed by atoms with Crippen molar-refractivity contribution >= 4 is 0 Å². The van der Waals surface area contributed by atoms with Gasteiger partial charge in [-0.05, 0) is 38.9 Å². The molecule has 0 spiro atoms. The highest BCUT2D eigenvalue weighted by Gasteiger charge is 2.14. The van der Waals surface area contributed by atoms with Crippen molar-refractivity contribution < 1.29 is 9.26 Å². The molecule has 108 valence electrons. The van der Waals surface area contributed by atoms with E-state index in [-0.39, 0.29) is 6.04 Å². The third kappa shape index (κ3) is 3.57. The predicted octanol–water partition coefficient (Wildman–Crippen LogP) is 3.20. The van der Waals surface area contributed by atoms with Crippen LogP contribution >= 0.6 is 0 Å². The Morgan fingerprint density at radius 3 is 2.95 bits per heavy atom. The van der Waals surface area contributed by atoms with Crippen LogP contribution in [-0.2, 0) is 0 Å². The average molecular weight is 275 g/mol. The second-order valence-electron chi connectivity index (χ2n) is 4.59. The molecule has 0 aliphatic carbocycles. The highest BCUT2D eigenvalue weighted by atomic mass is 16.5. The Hall–Kier alpha value is -1.88. The molecule has 0 fully saturated rings. The second-order valence-corrected chi connectivity index (χ2v) is 4.59. The number of ether oxygens (including phenoxy) is 1. The van der Waals surface area contributed by atoms with Gasteiger partial charge in [0, 0.05) is 5.56 Å². The van der Waals surface area contributed by atoms with E-state index in [0.29, 0.717) is 18.3 Å². The molecule has 1 N–H and O–H groups in total. The highest BCUT2D eigenvalue weighted by Crippen LogP contribution is 2.22. The van der Waals surface area contributed by atoms with Crippen LogP contribution in [0.1, 0.15) is 39.1 Å². The standard InChI is InChI=1S/C15H21N3O2/c1-4-9-16-11(3)15-17-14(18-20-15)12-7-6-8-13(10-12)19-5-2/h6-8,10-11,16H,4-5,9H2,1-3H3. The molecular formula is C15H21N3O2. The van der Waals surface area contributed by atoms with Crippen molar-refractivity contribution in [1.29, 1.82) is 0 Å². The van der Waals surface area contributed by atoms with Gasteiger partial charge in [0.05, 0.1) is 12.6 Å². The molecule has 20 heavy (non-hydrogen) atoms. The minimum absolute atomic E-state index is 0.0614. The van der Waals surface area contributed by atoms with Crippen LogP contribution in [0.5, 0.6) is 5.75 Å². The Balaban J connectivity index is 2.13. The third-order valence-corrected chi connectivity index (χ3v) is 2.92. The zero-order chi connectivity index (χ0) is 14.4. The molecule has 0 bridgehead atoms. The van der Waals surface area contributed by atoms with Gasteiger partial charge in [-0.2, -0.15) is 4.98 Å². The van der Waals surface area contributed by atoms with E-state index >= 15 is 0 Å². The summed E-state index contributed by atoms with van der Waals surface area (Å²) in [6.45, 7) is 7.67. The maximum Gasteiger partial charge on any atom is 0.243 e. The number of aromatic nitrogens is 2. The smallest absolute Gasteiger partial charge is 0.243 e. The summed E-state index contributed by atoms with van der Waals surface area (Å²) in [6, 6.07) is 7.77. The Morgan fingerprint density at radius 2 is 2.20 bits per heavy atom. The molecule has 2 aromatic rings. The molecule has 1 unspecified atom stereocenters. The van der Waals surface area contributed by atoms with E-state index in [9.17, 15) is 0 Å². The van der Waals surface area contributed by atoms with Gasteiger partial charge in [-0.3, -0.25) is 0 Å². The van der Waals surface area contributed by atoms with E-state index in [0.717, 1.165) is 24.3 Å². The van der Waals surface area contributed by atoms with Crippen molar-refractivity contribution in [3.63, 3.8) is 0 Å². The summed E-state index contributed by atoms with van der Waals surface area (Å²) < 4.78 is 10.8. The predicted molar refractivity (Wildman–Crippen MR) is 77.6 cm³/mol. The van der Waals surface area contributed by atoms with Crippen molar-refractivity contribution in [3.05, 3.63) is 30.2 Å². The zero-order valence-electron chi connectivity index (χ0n) is 12.2. The summed E-state index contributed by atoms with van der Waals surface area (Å²) in [5, 5.41) is 7.36. The molecule has 0 aliphatic rings. The molecule has 2 rings (SSSR count). The van der Waals surface area contributed by atoms with Crippen LogP contribution in [0.25, 0.3) is 11.4 Å². The van der Waals surface area contributed by atoms with Gasteiger partial charge in [-0.1, -0.05) is 24.2 Å². The fourth-order valence-corrected chi connectivity index (χ4v) is 1.87. The summed E-state index contributed by atoms with van der Waals surface area (Å²) in [5.74, 6) is 2.01. The number of rotatable bonds is 7. The van der Waals surface area contributed by atoms with Gasteiger partial charge >= 0.3 is 0 Å². The highest BCUT2D eigenvalue weighted by molar-refractivity contribution is 5.56. The number of benzene rings is 1. The largest absolute Gasteiger partial charge is 0.494 e. The van der Waals surface area contributed by atoms with Crippen molar-refractivity contribution in [3.8, 4) is 17.1 Å². The zero-order valence-corrected chi connectivity index (χ0v) is 12.2. The van der Waals surface area contributed by atoms with Gasteiger partial charge in [-0.25, -0.2) is 0 Å². The van der Waals surface area contributed by atoms with E-state index < -0.39 is 0 Å². The molecule has 0 amide bonds. The molecule has 1 aromatic carbocycles. The fourth-order valence-electron chi connectivity index (χ4n) is 1.87. The molecular weight excluding hydrogens is 254 g/mol. The molecule has 0 aliphatic heterocycles. The van der Waals surface area contributed by atoms with Gasteiger partial charge in [0.2, 0.25) is 11.7 Å². The third-order valence-electron chi connectivity index (χ3n) is 2.92. The van der Waals surface area contributed by atoms with Crippen LogP contribution in [0.4, 0.5) is 0 Å². The maximum absolute atomic E-state index is 5.48. The summed E-state index contributed by atoms with van der Waals surface area (Å²) in [7, 11) is 0. The normalized spacial score (nSPS) is 12.3. The Morgan fingerprint density at radius 1 is 1.35 bits per heavy atom. The van der Waals surface area contributed by atoms with Crippen LogP contribution < -0.4 is 10.1 Å². The minimum atomic E-state index is 0.0614. The van der Waals surface area contributed by atoms with Crippen LogP contribution in [0.2, 0.25) is 0 Å². The van der Waals surface area contributed by atoms with Gasteiger partial charge in [0.1, 0.15) is 5.75 Å². The first-order valence-electron chi connectivity index (χ1n) is 7.04. The fraction of sp³-hybridized carbons (Fsp3) is 0.467. The molecule has 0 saturated carbocycles. The first kappa shape index (κ1) is 14.5. The van der Waals surface area contributed by atoms with E-state index in [4.69, 9.17) is 9.26 Å². The monoisotopic (exact) mass is 275 g/mol. The van der Waals surface area contributed by atoms with Crippen LogP contribution in [0.3, 0.4) is 0 Å². The van der Waals surface area contributed by atoms with E-state index in [1.54, 1.807) is 0 Å². The van der Waals surface area contributed by atoms with Gasteiger partial charge in [0.15, 0.2) is 0 Å². The Labute approximate surface area is 119 Å². The summed E-state index contributed by atoms with van der Waals surface area (Å²) in [4.78, 5) is 4.44. The van der Waals surface area contributed by atoms with E-state index in [1.807, 2.05) is 38.1 Å². The van der Waals surface area contributed by atoms with E-state index in [1.165, 1.54) is 0 Å². The van der Waals surface area contributed by atoms with Gasteiger partial charge in [-0.15, -0.1) is 0 Å². The Kier molecular flexibility index (Phi) is 5.12. The van der Waals surface area contributed by atoms with E-state index in [2.05, 4.69) is 22.4 Å². The van der Waals surface area contributed by atoms with Crippen molar-refractivity contribution in [1.82, 2.24) is 15.5 Å². The Bertz CT molecular complexity index is 539. The number of nitrogens with zero attached hydrogens (tertiary/aromatic N) is 2. The SMILES string of the molecule is CCCNC(C)c1nc(-c2cccc(OCC)c2)no1. The number of hydrogen-bond acceptors (Lipinski definition) is 5. The van der Waals surface area contributed by atoms with Gasteiger partial charge < -0.3 is 14.6 Å². The van der Waals surface area contributed by atoms with Crippen LogP contribution in [0.15, 0.2) is 28.8 Å². The number of nitrogens with one attached hydrogen (secondary N) is 1. The average Bonchev–Trinajstić information content (AvgIpc) is 2.95. The second kappa shape index (κ2) is 7.05. The molecule has 0 saturated heterocycles. The van der Waals surface area contributed by atoms with Crippen LogP contribution in [0, 0.1) is 0 Å². The number of hydrogen-bond donors (Lipinski definition) is 1. The molecule has 5 nitrogen and oxygen atoms in total. The lowest BCUT2D eigenvalue weighted by Crippen LogP contribution is -2.19. The summed E-state index contributed by atoms with van der Waals surface area (Å²) >= 11 is 0. The summed E-state index contributed by atoms with van der Waals surface area (Å²) in [5.41, 5.74) is 0.897. The first-order valence-corrected chi connectivity index (χ1v) is 7.04. The maximum atomic E-state index is 5.48. The molecule has 1 aromatic heterocycles. The van der Waals surface area contributed by atoms with Crippen LogP contribution in [-0.4, -0.2) is 23.3 Å². The van der Waals surface area contributed by atoms with Crippen molar-refractivity contribution in [2.45, 2.75) is 33.2 Å². The lowest BCUT2D eigenvalue weighted by Gasteiger charge is -2.07. The molecule has 5 heteroatoms. The lowest BCUT2D eigenvalue weighted by molar-refractivity contribution is 0.339. The lowest BCUT2D eigenvalue weighted by atomic mass is 10.2. The molecule has 0 radical (unpaired) electrons. The van der Waals surface area contributed by atoms with Crippen molar-refractivity contribution in [2.24, 2.45) is 0 Å². The first-order chi connectivity index (χ1) is 9.74. The minimum Gasteiger partial charge on any atom is -0.494 e. The topological polar surface area (TPSA) is 60.2 Å². The quantitative estimate of drug-likeness (QED) is 0.840. The van der Waals surface area contributed by atoms with Crippen molar-refractivity contribution in [2.75, 3.05) is 13.2 Å². The van der Waals surface area contributed by atoms with Gasteiger partial charge in [0.25, 0.3) is 0 Å². The molecule has 1 atom stereocenters.